The molecular weight excluding hydrogens is 339 g/mol. The van der Waals surface area contributed by atoms with Gasteiger partial charge in [-0.1, -0.05) is 18.2 Å². The van der Waals surface area contributed by atoms with Gasteiger partial charge < -0.3 is 10.1 Å². The molecule has 2 aromatic carbocycles. The van der Waals surface area contributed by atoms with Crippen LogP contribution in [0.5, 0.6) is 5.75 Å². The summed E-state index contributed by atoms with van der Waals surface area (Å²) < 4.78 is 42.9. The van der Waals surface area contributed by atoms with E-state index in [-0.39, 0.29) is 17.3 Å². The third kappa shape index (κ3) is 5.49. The first kappa shape index (κ1) is 18.2. The van der Waals surface area contributed by atoms with Crippen LogP contribution in [-0.4, -0.2) is 18.8 Å². The average Bonchev–Trinajstić information content (AvgIpc) is 2.55. The SMILES string of the molecule is COc1ccc(CSCC(=O)Nc2cccc(C(F)(F)F)c2)cc1. The van der Waals surface area contributed by atoms with E-state index in [1.165, 1.54) is 23.9 Å². The largest absolute Gasteiger partial charge is 0.497 e. The Morgan fingerprint density at radius 1 is 1.17 bits per heavy atom. The molecule has 0 radical (unpaired) electrons. The number of nitrogens with one attached hydrogen (secondary N) is 1. The number of amides is 1. The molecule has 0 saturated carbocycles. The summed E-state index contributed by atoms with van der Waals surface area (Å²) in [7, 11) is 1.59. The summed E-state index contributed by atoms with van der Waals surface area (Å²) in [6.07, 6.45) is -4.43. The number of hydrogen-bond donors (Lipinski definition) is 1. The number of thioether (sulfide) groups is 1. The van der Waals surface area contributed by atoms with E-state index in [4.69, 9.17) is 4.74 Å². The Balaban J connectivity index is 1.83. The molecule has 0 bridgehead atoms. The molecule has 0 unspecified atom stereocenters. The molecule has 0 atom stereocenters. The number of carbonyl (C=O) groups excluding carboxylic acids is 1. The number of methoxy groups -OCH3 is 1. The first-order valence-corrected chi connectivity index (χ1v) is 8.22. The van der Waals surface area contributed by atoms with Crippen LogP contribution in [0.1, 0.15) is 11.1 Å². The second-order valence-electron chi connectivity index (χ2n) is 4.97. The number of anilines is 1. The summed E-state index contributed by atoms with van der Waals surface area (Å²) in [5, 5.41) is 2.48. The fourth-order valence-electron chi connectivity index (χ4n) is 1.95. The van der Waals surface area contributed by atoms with E-state index in [0.717, 1.165) is 23.4 Å². The van der Waals surface area contributed by atoms with Crippen molar-refractivity contribution in [3.8, 4) is 5.75 Å². The van der Waals surface area contributed by atoms with Crippen LogP contribution < -0.4 is 10.1 Å². The van der Waals surface area contributed by atoms with Gasteiger partial charge in [-0.3, -0.25) is 4.79 Å². The predicted octanol–water partition coefficient (Wildman–Crippen LogP) is 4.59. The molecule has 3 nitrogen and oxygen atoms in total. The minimum Gasteiger partial charge on any atom is -0.497 e. The number of hydrogen-bond acceptors (Lipinski definition) is 3. The van der Waals surface area contributed by atoms with Gasteiger partial charge in [0.1, 0.15) is 5.75 Å². The Morgan fingerprint density at radius 3 is 2.50 bits per heavy atom. The highest BCUT2D eigenvalue weighted by Crippen LogP contribution is 2.30. The number of carbonyl (C=O) groups is 1. The van der Waals surface area contributed by atoms with Crippen LogP contribution >= 0.6 is 11.8 Å². The van der Waals surface area contributed by atoms with Crippen molar-refractivity contribution in [2.45, 2.75) is 11.9 Å². The molecule has 1 N–H and O–H groups in total. The first-order chi connectivity index (χ1) is 11.4. The highest BCUT2D eigenvalue weighted by Gasteiger charge is 2.30. The van der Waals surface area contributed by atoms with Crippen LogP contribution in [0.25, 0.3) is 0 Å². The number of halogens is 3. The zero-order valence-electron chi connectivity index (χ0n) is 12.9. The number of rotatable bonds is 6. The van der Waals surface area contributed by atoms with Gasteiger partial charge in [0.2, 0.25) is 5.91 Å². The van der Waals surface area contributed by atoms with Gasteiger partial charge in [0, 0.05) is 11.4 Å². The highest BCUT2D eigenvalue weighted by atomic mass is 32.2. The van der Waals surface area contributed by atoms with Crippen LogP contribution in [-0.2, 0) is 16.7 Å². The molecular formula is C17H16F3NO2S. The van der Waals surface area contributed by atoms with E-state index >= 15 is 0 Å². The standard InChI is InChI=1S/C17H16F3NO2S/c1-23-15-7-5-12(6-8-15)10-24-11-16(22)21-14-4-2-3-13(9-14)17(18,19)20/h2-9H,10-11H2,1H3,(H,21,22). The Kier molecular flexibility index (Phi) is 6.14. The lowest BCUT2D eigenvalue weighted by Gasteiger charge is -2.10. The van der Waals surface area contributed by atoms with Gasteiger partial charge in [0.05, 0.1) is 18.4 Å². The van der Waals surface area contributed by atoms with Crippen molar-refractivity contribution in [2.24, 2.45) is 0 Å². The van der Waals surface area contributed by atoms with E-state index in [1.807, 2.05) is 24.3 Å². The number of ether oxygens (including phenoxy) is 1. The van der Waals surface area contributed by atoms with Crippen LogP contribution in [0, 0.1) is 0 Å². The van der Waals surface area contributed by atoms with Crippen molar-refractivity contribution >= 4 is 23.4 Å². The maximum atomic E-state index is 12.6. The van der Waals surface area contributed by atoms with Crippen molar-refractivity contribution in [3.63, 3.8) is 0 Å². The monoisotopic (exact) mass is 355 g/mol. The summed E-state index contributed by atoms with van der Waals surface area (Å²) in [4.78, 5) is 11.8. The quantitative estimate of drug-likeness (QED) is 0.824. The lowest BCUT2D eigenvalue weighted by atomic mass is 10.2. The molecule has 24 heavy (non-hydrogen) atoms. The third-order valence-electron chi connectivity index (χ3n) is 3.13. The smallest absolute Gasteiger partial charge is 0.416 e. The summed E-state index contributed by atoms with van der Waals surface area (Å²) in [6, 6.07) is 12.1. The molecule has 0 heterocycles. The molecule has 0 aliphatic rings. The maximum Gasteiger partial charge on any atom is 0.416 e. The van der Waals surface area contributed by atoms with Crippen molar-refractivity contribution in [3.05, 3.63) is 59.7 Å². The summed E-state index contributed by atoms with van der Waals surface area (Å²) >= 11 is 1.38. The normalized spacial score (nSPS) is 11.2. The Bertz CT molecular complexity index is 687. The molecule has 0 aliphatic heterocycles. The van der Waals surface area contributed by atoms with Gasteiger partial charge in [-0.05, 0) is 35.9 Å². The van der Waals surface area contributed by atoms with Crippen LogP contribution in [0.15, 0.2) is 48.5 Å². The zero-order valence-corrected chi connectivity index (χ0v) is 13.7. The summed E-state index contributed by atoms with van der Waals surface area (Å²) in [5.41, 5.74) is 0.388. The number of benzene rings is 2. The second kappa shape index (κ2) is 8.10. The molecule has 0 spiro atoms. The molecule has 128 valence electrons. The van der Waals surface area contributed by atoms with Gasteiger partial charge in [0.25, 0.3) is 0 Å². The molecule has 7 heteroatoms. The van der Waals surface area contributed by atoms with E-state index < -0.39 is 11.7 Å². The van der Waals surface area contributed by atoms with Gasteiger partial charge >= 0.3 is 6.18 Å². The zero-order chi connectivity index (χ0) is 17.6. The maximum absolute atomic E-state index is 12.6. The van der Waals surface area contributed by atoms with Gasteiger partial charge in [0.15, 0.2) is 0 Å². The van der Waals surface area contributed by atoms with Gasteiger partial charge in [-0.25, -0.2) is 0 Å². The Labute approximate surface area is 142 Å². The first-order valence-electron chi connectivity index (χ1n) is 7.06. The minimum absolute atomic E-state index is 0.139. The van der Waals surface area contributed by atoms with Crippen LogP contribution in [0.3, 0.4) is 0 Å². The van der Waals surface area contributed by atoms with Crippen molar-refractivity contribution < 1.29 is 22.7 Å². The van der Waals surface area contributed by atoms with Gasteiger partial charge in [-0.15, -0.1) is 11.8 Å². The summed E-state index contributed by atoms with van der Waals surface area (Å²) in [5.74, 6) is 1.20. The molecule has 0 fully saturated rings. The van der Waals surface area contributed by atoms with Crippen molar-refractivity contribution in [1.82, 2.24) is 0 Å². The van der Waals surface area contributed by atoms with Gasteiger partial charge in [-0.2, -0.15) is 13.2 Å². The molecule has 2 rings (SSSR count). The lowest BCUT2D eigenvalue weighted by Crippen LogP contribution is -2.15. The average molecular weight is 355 g/mol. The molecule has 0 aromatic heterocycles. The third-order valence-corrected chi connectivity index (χ3v) is 4.14. The van der Waals surface area contributed by atoms with E-state index in [9.17, 15) is 18.0 Å². The highest BCUT2D eigenvalue weighted by molar-refractivity contribution is 7.99. The Morgan fingerprint density at radius 2 is 1.88 bits per heavy atom. The number of alkyl halides is 3. The fraction of sp³-hybridized carbons (Fsp3) is 0.235. The second-order valence-corrected chi connectivity index (χ2v) is 5.95. The molecule has 2 aromatic rings. The van der Waals surface area contributed by atoms with Crippen molar-refractivity contribution in [1.29, 1.82) is 0 Å². The van der Waals surface area contributed by atoms with E-state index in [2.05, 4.69) is 5.32 Å². The van der Waals surface area contributed by atoms with E-state index in [1.54, 1.807) is 7.11 Å². The molecule has 0 saturated heterocycles. The molecule has 0 aliphatic carbocycles. The lowest BCUT2D eigenvalue weighted by molar-refractivity contribution is -0.137. The fourth-order valence-corrected chi connectivity index (χ4v) is 2.74. The summed E-state index contributed by atoms with van der Waals surface area (Å²) in [6.45, 7) is 0. The topological polar surface area (TPSA) is 38.3 Å². The van der Waals surface area contributed by atoms with Crippen LogP contribution in [0.4, 0.5) is 18.9 Å². The Hall–Kier alpha value is -2.15. The van der Waals surface area contributed by atoms with Crippen molar-refractivity contribution in [2.75, 3.05) is 18.2 Å². The minimum atomic E-state index is -4.43. The predicted molar refractivity (Wildman–Crippen MR) is 89.2 cm³/mol. The molecule has 1 amide bonds. The van der Waals surface area contributed by atoms with Crippen LogP contribution in [0.2, 0.25) is 0 Å². The van der Waals surface area contributed by atoms with E-state index in [0.29, 0.717) is 5.75 Å².